The van der Waals surface area contributed by atoms with Crippen LogP contribution in [0.5, 0.6) is 0 Å². The summed E-state index contributed by atoms with van der Waals surface area (Å²) in [7, 11) is 0. The summed E-state index contributed by atoms with van der Waals surface area (Å²) in [6, 6.07) is 2.14. The molecule has 44 valence electrons. The van der Waals surface area contributed by atoms with Gasteiger partial charge >= 0.3 is 0 Å². The zero-order valence-electron chi connectivity index (χ0n) is 5.02. The quantitative estimate of drug-likeness (QED) is 0.538. The Morgan fingerprint density at radius 3 is 2.38 bits per heavy atom. The molecule has 0 aromatic carbocycles. The summed E-state index contributed by atoms with van der Waals surface area (Å²) < 4.78 is 0. The van der Waals surface area contributed by atoms with Crippen molar-refractivity contribution in [2.24, 2.45) is 11.7 Å². The normalized spacial score (nSPS) is 26.1. The summed E-state index contributed by atoms with van der Waals surface area (Å²) >= 11 is 0. The number of hydrogen-bond acceptors (Lipinski definition) is 2. The first-order valence-electron chi connectivity index (χ1n) is 2.87. The zero-order chi connectivity index (χ0) is 6.20. The Labute approximate surface area is 49.3 Å². The lowest BCUT2D eigenvalue weighted by Gasteiger charge is -2.08. The van der Waals surface area contributed by atoms with Crippen molar-refractivity contribution in [2.45, 2.75) is 25.3 Å². The maximum Gasteiger partial charge on any atom is 0.0672 e. The summed E-state index contributed by atoms with van der Waals surface area (Å²) in [5.74, 6) is 0.0440. The first-order valence-corrected chi connectivity index (χ1v) is 2.87. The standard InChI is InChI=1S/C6H10N2/c1-5(4-7)6(8)2-3-6/h5H,2-3,8H2,1H3. The molecule has 1 atom stereocenters. The van der Waals surface area contributed by atoms with Gasteiger partial charge in [-0.15, -0.1) is 0 Å². The van der Waals surface area contributed by atoms with Gasteiger partial charge < -0.3 is 5.73 Å². The van der Waals surface area contributed by atoms with Gasteiger partial charge in [0, 0.05) is 5.54 Å². The lowest BCUT2D eigenvalue weighted by atomic mass is 10.0. The predicted octanol–water partition coefficient (Wildman–Crippen LogP) is 0.637. The maximum absolute atomic E-state index is 8.38. The second-order valence-corrected chi connectivity index (χ2v) is 2.58. The van der Waals surface area contributed by atoms with E-state index >= 15 is 0 Å². The molecule has 1 rings (SSSR count). The van der Waals surface area contributed by atoms with E-state index < -0.39 is 0 Å². The Morgan fingerprint density at radius 2 is 2.25 bits per heavy atom. The number of nitrogens with two attached hydrogens (primary N) is 1. The van der Waals surface area contributed by atoms with Gasteiger partial charge in [-0.2, -0.15) is 5.26 Å². The van der Waals surface area contributed by atoms with Crippen LogP contribution < -0.4 is 5.73 Å². The van der Waals surface area contributed by atoms with Gasteiger partial charge in [0.05, 0.1) is 12.0 Å². The molecular formula is C6H10N2. The average Bonchev–Trinajstić information content (AvgIpc) is 2.47. The van der Waals surface area contributed by atoms with Crippen LogP contribution in [0.3, 0.4) is 0 Å². The van der Waals surface area contributed by atoms with Crippen molar-refractivity contribution in [3.05, 3.63) is 0 Å². The molecule has 2 N–H and O–H groups in total. The molecule has 0 bridgehead atoms. The fourth-order valence-electron chi connectivity index (χ4n) is 0.706. The van der Waals surface area contributed by atoms with E-state index in [1.54, 1.807) is 0 Å². The van der Waals surface area contributed by atoms with Crippen molar-refractivity contribution in [3.63, 3.8) is 0 Å². The Kier molecular flexibility index (Phi) is 1.02. The molecule has 0 aromatic rings. The molecule has 1 aliphatic rings. The summed E-state index contributed by atoms with van der Waals surface area (Å²) in [5.41, 5.74) is 5.58. The highest BCUT2D eigenvalue weighted by molar-refractivity contribution is 5.09. The van der Waals surface area contributed by atoms with Gasteiger partial charge in [0.15, 0.2) is 0 Å². The minimum atomic E-state index is -0.102. The minimum absolute atomic E-state index is 0.0440. The fraction of sp³-hybridized carbons (Fsp3) is 0.833. The molecule has 0 aromatic heterocycles. The Hall–Kier alpha value is -0.550. The third-order valence-corrected chi connectivity index (χ3v) is 1.88. The molecule has 0 amide bonds. The molecule has 1 unspecified atom stereocenters. The third-order valence-electron chi connectivity index (χ3n) is 1.88. The highest BCUT2D eigenvalue weighted by Crippen LogP contribution is 2.38. The van der Waals surface area contributed by atoms with Gasteiger partial charge in [0.2, 0.25) is 0 Å². The maximum atomic E-state index is 8.38. The molecule has 0 spiro atoms. The monoisotopic (exact) mass is 110 g/mol. The molecule has 2 nitrogen and oxygen atoms in total. The van der Waals surface area contributed by atoms with Crippen LogP contribution in [-0.2, 0) is 0 Å². The van der Waals surface area contributed by atoms with Gasteiger partial charge in [-0.1, -0.05) is 0 Å². The molecule has 0 radical (unpaired) electrons. The summed E-state index contributed by atoms with van der Waals surface area (Å²) in [6.45, 7) is 1.88. The number of nitriles is 1. The Balaban J connectivity index is 2.49. The van der Waals surface area contributed by atoms with Crippen molar-refractivity contribution in [3.8, 4) is 6.07 Å². The first-order chi connectivity index (χ1) is 3.69. The van der Waals surface area contributed by atoms with Crippen LogP contribution in [0.4, 0.5) is 0 Å². The van der Waals surface area contributed by atoms with Crippen LogP contribution in [0.25, 0.3) is 0 Å². The fourth-order valence-corrected chi connectivity index (χ4v) is 0.706. The molecule has 1 fully saturated rings. The van der Waals surface area contributed by atoms with E-state index in [1.807, 2.05) is 6.92 Å². The summed E-state index contributed by atoms with van der Waals surface area (Å²) in [4.78, 5) is 0. The average molecular weight is 110 g/mol. The van der Waals surface area contributed by atoms with E-state index in [1.165, 1.54) is 0 Å². The molecule has 1 aliphatic carbocycles. The summed E-state index contributed by atoms with van der Waals surface area (Å²) in [6.07, 6.45) is 2.06. The van der Waals surface area contributed by atoms with E-state index in [0.717, 1.165) is 12.8 Å². The van der Waals surface area contributed by atoms with E-state index in [-0.39, 0.29) is 11.5 Å². The molecule has 1 saturated carbocycles. The van der Waals surface area contributed by atoms with Gasteiger partial charge in [-0.3, -0.25) is 0 Å². The smallest absolute Gasteiger partial charge is 0.0672 e. The topological polar surface area (TPSA) is 49.8 Å². The van der Waals surface area contributed by atoms with Crippen LogP contribution in [0.15, 0.2) is 0 Å². The Morgan fingerprint density at radius 1 is 1.75 bits per heavy atom. The van der Waals surface area contributed by atoms with Crippen LogP contribution in [0.2, 0.25) is 0 Å². The molecule has 0 saturated heterocycles. The minimum Gasteiger partial charge on any atom is -0.324 e. The van der Waals surface area contributed by atoms with Crippen LogP contribution >= 0.6 is 0 Å². The van der Waals surface area contributed by atoms with E-state index in [4.69, 9.17) is 11.0 Å². The largest absolute Gasteiger partial charge is 0.324 e. The van der Waals surface area contributed by atoms with E-state index in [9.17, 15) is 0 Å². The SMILES string of the molecule is CC(C#N)C1(N)CC1. The van der Waals surface area contributed by atoms with Crippen LogP contribution in [0, 0.1) is 17.2 Å². The second kappa shape index (κ2) is 1.46. The molecule has 2 heteroatoms. The van der Waals surface area contributed by atoms with Crippen molar-refractivity contribution >= 4 is 0 Å². The molecular weight excluding hydrogens is 100 g/mol. The van der Waals surface area contributed by atoms with Crippen molar-refractivity contribution in [1.29, 1.82) is 5.26 Å². The van der Waals surface area contributed by atoms with Gasteiger partial charge in [0.25, 0.3) is 0 Å². The molecule has 0 heterocycles. The highest BCUT2D eigenvalue weighted by Gasteiger charge is 2.43. The second-order valence-electron chi connectivity index (χ2n) is 2.58. The third kappa shape index (κ3) is 0.696. The Bertz CT molecular complexity index is 130. The predicted molar refractivity (Wildman–Crippen MR) is 30.9 cm³/mol. The van der Waals surface area contributed by atoms with Crippen LogP contribution in [-0.4, -0.2) is 5.54 Å². The number of rotatable bonds is 1. The number of hydrogen-bond donors (Lipinski definition) is 1. The summed E-state index contributed by atoms with van der Waals surface area (Å²) in [5, 5.41) is 8.38. The van der Waals surface area contributed by atoms with Gasteiger partial charge in [-0.05, 0) is 19.8 Å². The van der Waals surface area contributed by atoms with Gasteiger partial charge in [-0.25, -0.2) is 0 Å². The first kappa shape index (κ1) is 5.58. The van der Waals surface area contributed by atoms with Crippen molar-refractivity contribution in [2.75, 3.05) is 0 Å². The van der Waals surface area contributed by atoms with Gasteiger partial charge in [0.1, 0.15) is 0 Å². The lowest BCUT2D eigenvalue weighted by molar-refractivity contribution is 0.537. The van der Waals surface area contributed by atoms with Crippen molar-refractivity contribution < 1.29 is 0 Å². The highest BCUT2D eigenvalue weighted by atomic mass is 14.8. The number of nitrogens with zero attached hydrogens (tertiary/aromatic N) is 1. The molecule has 0 aliphatic heterocycles. The van der Waals surface area contributed by atoms with E-state index in [2.05, 4.69) is 6.07 Å². The lowest BCUT2D eigenvalue weighted by Crippen LogP contribution is -2.29. The zero-order valence-corrected chi connectivity index (χ0v) is 5.02. The molecule has 8 heavy (non-hydrogen) atoms. The van der Waals surface area contributed by atoms with Crippen molar-refractivity contribution in [1.82, 2.24) is 0 Å². The van der Waals surface area contributed by atoms with Crippen LogP contribution in [0.1, 0.15) is 19.8 Å². The van der Waals surface area contributed by atoms with E-state index in [0.29, 0.717) is 0 Å².